The molecule has 0 atom stereocenters. The van der Waals surface area contributed by atoms with Crippen LogP contribution in [0.15, 0.2) is 18.2 Å². The van der Waals surface area contributed by atoms with Crippen LogP contribution in [0, 0.1) is 10.1 Å². The van der Waals surface area contributed by atoms with Gasteiger partial charge in [0.2, 0.25) is 0 Å². The Balaban J connectivity index is 2.27. The fraction of sp³-hybridized carbons (Fsp3) is 0.333. The van der Waals surface area contributed by atoms with Gasteiger partial charge in [-0.2, -0.15) is 0 Å². The normalized spacial score (nSPS) is 14.7. The lowest BCUT2D eigenvalue weighted by atomic mass is 10.2. The molecule has 0 saturated heterocycles. The second-order valence-electron chi connectivity index (χ2n) is 3.59. The number of hydrazine groups is 1. The number of nitro benzene ring substituents is 1. The molecule has 0 spiro atoms. The predicted molar refractivity (Wildman–Crippen MR) is 57.6 cm³/mol. The van der Waals surface area contributed by atoms with E-state index in [4.69, 9.17) is 5.84 Å². The van der Waals surface area contributed by atoms with Crippen LogP contribution in [-0.4, -0.2) is 11.0 Å². The predicted octanol–water partition coefficient (Wildman–Crippen LogP) is 1.45. The van der Waals surface area contributed by atoms with Gasteiger partial charge in [-0.3, -0.25) is 16.0 Å². The average molecular weight is 208 g/mol. The molecule has 1 aliphatic carbocycles. The Morgan fingerprint density at radius 3 is 2.53 bits per heavy atom. The van der Waals surface area contributed by atoms with Crippen molar-refractivity contribution in [1.29, 1.82) is 0 Å². The van der Waals surface area contributed by atoms with Gasteiger partial charge in [-0.25, -0.2) is 0 Å². The lowest BCUT2D eigenvalue weighted by Crippen LogP contribution is -2.08. The summed E-state index contributed by atoms with van der Waals surface area (Å²) in [5.41, 5.74) is 3.72. The number of benzene rings is 1. The van der Waals surface area contributed by atoms with Crippen LogP contribution in [0.2, 0.25) is 0 Å². The third-order valence-corrected chi connectivity index (χ3v) is 2.24. The van der Waals surface area contributed by atoms with E-state index in [-0.39, 0.29) is 5.69 Å². The minimum absolute atomic E-state index is 0.0357. The molecular weight excluding hydrogens is 196 g/mol. The molecule has 80 valence electrons. The van der Waals surface area contributed by atoms with E-state index in [1.54, 1.807) is 6.07 Å². The Hall–Kier alpha value is -1.82. The maximum atomic E-state index is 10.6. The molecule has 4 N–H and O–H groups in total. The summed E-state index contributed by atoms with van der Waals surface area (Å²) in [7, 11) is 0. The van der Waals surface area contributed by atoms with Gasteiger partial charge in [0.25, 0.3) is 5.69 Å². The second kappa shape index (κ2) is 3.74. The van der Waals surface area contributed by atoms with Gasteiger partial charge in [-0.1, -0.05) is 0 Å². The third kappa shape index (κ3) is 2.35. The number of non-ortho nitro benzene ring substituents is 1. The zero-order chi connectivity index (χ0) is 10.8. The average Bonchev–Trinajstić information content (AvgIpc) is 3.01. The van der Waals surface area contributed by atoms with Gasteiger partial charge >= 0.3 is 0 Å². The highest BCUT2D eigenvalue weighted by molar-refractivity contribution is 5.63. The van der Waals surface area contributed by atoms with Crippen LogP contribution < -0.4 is 16.6 Å². The Bertz CT molecular complexity index is 390. The molecular formula is C9H12N4O2. The number of nitrogens with one attached hydrogen (secondary N) is 2. The molecule has 15 heavy (non-hydrogen) atoms. The number of nitrogens with two attached hydrogens (primary N) is 1. The van der Waals surface area contributed by atoms with E-state index in [9.17, 15) is 10.1 Å². The summed E-state index contributed by atoms with van der Waals surface area (Å²) >= 11 is 0. The number of rotatable bonds is 4. The van der Waals surface area contributed by atoms with E-state index in [2.05, 4.69) is 10.7 Å². The summed E-state index contributed by atoms with van der Waals surface area (Å²) in [6.45, 7) is 0. The van der Waals surface area contributed by atoms with E-state index >= 15 is 0 Å². The summed E-state index contributed by atoms with van der Waals surface area (Å²) in [6.07, 6.45) is 2.24. The first-order chi connectivity index (χ1) is 7.19. The highest BCUT2D eigenvalue weighted by Crippen LogP contribution is 2.29. The lowest BCUT2D eigenvalue weighted by Gasteiger charge is -2.07. The second-order valence-corrected chi connectivity index (χ2v) is 3.59. The Morgan fingerprint density at radius 2 is 2.00 bits per heavy atom. The van der Waals surface area contributed by atoms with Gasteiger partial charge in [-0.15, -0.1) is 0 Å². The van der Waals surface area contributed by atoms with Crippen LogP contribution in [0.5, 0.6) is 0 Å². The van der Waals surface area contributed by atoms with E-state index < -0.39 is 4.92 Å². The molecule has 1 aliphatic rings. The van der Waals surface area contributed by atoms with Gasteiger partial charge in [0.1, 0.15) is 0 Å². The fourth-order valence-electron chi connectivity index (χ4n) is 1.35. The molecule has 0 radical (unpaired) electrons. The molecule has 0 amide bonds. The summed E-state index contributed by atoms with van der Waals surface area (Å²) in [4.78, 5) is 10.2. The molecule has 0 unspecified atom stereocenters. The zero-order valence-corrected chi connectivity index (χ0v) is 8.06. The topological polar surface area (TPSA) is 93.2 Å². The maximum Gasteiger partial charge on any atom is 0.273 e. The van der Waals surface area contributed by atoms with E-state index in [1.807, 2.05) is 0 Å². The number of nitro groups is 1. The van der Waals surface area contributed by atoms with E-state index in [0.29, 0.717) is 11.7 Å². The molecule has 0 aromatic heterocycles. The van der Waals surface area contributed by atoms with Crippen LogP contribution in [-0.2, 0) is 0 Å². The Kier molecular flexibility index (Phi) is 2.42. The third-order valence-electron chi connectivity index (χ3n) is 2.24. The standard InChI is InChI=1S/C9H12N4O2/c10-12-8-3-7(11-6-1-2-6)4-9(5-8)13(14)15/h3-6,11-12H,1-2,10H2. The Morgan fingerprint density at radius 1 is 1.33 bits per heavy atom. The van der Waals surface area contributed by atoms with Gasteiger partial charge in [0.15, 0.2) is 0 Å². The molecule has 0 bridgehead atoms. The monoisotopic (exact) mass is 208 g/mol. The first-order valence-electron chi connectivity index (χ1n) is 4.71. The summed E-state index contributed by atoms with van der Waals surface area (Å²) < 4.78 is 0. The molecule has 0 heterocycles. The number of nitrogen functional groups attached to an aromatic ring is 1. The highest BCUT2D eigenvalue weighted by atomic mass is 16.6. The van der Waals surface area contributed by atoms with E-state index in [0.717, 1.165) is 18.5 Å². The summed E-state index contributed by atoms with van der Waals surface area (Å²) in [5.74, 6) is 5.23. The van der Waals surface area contributed by atoms with Crippen molar-refractivity contribution in [3.8, 4) is 0 Å². The minimum Gasteiger partial charge on any atom is -0.382 e. The molecule has 1 aromatic carbocycles. The maximum absolute atomic E-state index is 10.6. The summed E-state index contributed by atoms with van der Waals surface area (Å²) in [6, 6.07) is 5.13. The number of hydrogen-bond donors (Lipinski definition) is 3. The highest BCUT2D eigenvalue weighted by Gasteiger charge is 2.21. The Labute approximate surface area is 86.6 Å². The molecule has 6 nitrogen and oxygen atoms in total. The fourth-order valence-corrected chi connectivity index (χ4v) is 1.35. The van der Waals surface area contributed by atoms with Gasteiger partial charge in [0.05, 0.1) is 10.6 Å². The molecule has 1 fully saturated rings. The van der Waals surface area contributed by atoms with Crippen molar-refractivity contribution in [1.82, 2.24) is 0 Å². The van der Waals surface area contributed by atoms with Crippen molar-refractivity contribution in [2.75, 3.05) is 10.7 Å². The SMILES string of the molecule is NNc1cc(NC2CC2)cc([N+](=O)[O-])c1. The smallest absolute Gasteiger partial charge is 0.273 e. The minimum atomic E-state index is -0.432. The van der Waals surface area contributed by atoms with Crippen LogP contribution in [0.25, 0.3) is 0 Å². The van der Waals surface area contributed by atoms with Crippen LogP contribution in [0.1, 0.15) is 12.8 Å². The van der Waals surface area contributed by atoms with Crippen molar-refractivity contribution in [2.24, 2.45) is 5.84 Å². The lowest BCUT2D eigenvalue weighted by molar-refractivity contribution is -0.384. The van der Waals surface area contributed by atoms with Gasteiger partial charge in [-0.05, 0) is 18.9 Å². The molecule has 2 rings (SSSR count). The van der Waals surface area contributed by atoms with Crippen molar-refractivity contribution in [3.05, 3.63) is 28.3 Å². The quantitative estimate of drug-likeness (QED) is 0.395. The first kappa shape index (κ1) is 9.72. The number of hydrogen-bond acceptors (Lipinski definition) is 5. The molecule has 6 heteroatoms. The molecule has 1 aromatic rings. The zero-order valence-electron chi connectivity index (χ0n) is 8.06. The molecule has 1 saturated carbocycles. The van der Waals surface area contributed by atoms with E-state index in [1.165, 1.54) is 12.1 Å². The summed E-state index contributed by atoms with van der Waals surface area (Å²) in [5, 5.41) is 13.8. The van der Waals surface area contributed by atoms with Gasteiger partial charge in [0, 0.05) is 23.9 Å². The van der Waals surface area contributed by atoms with Crippen molar-refractivity contribution in [3.63, 3.8) is 0 Å². The molecule has 0 aliphatic heterocycles. The van der Waals surface area contributed by atoms with Crippen molar-refractivity contribution >= 4 is 17.1 Å². The number of anilines is 2. The first-order valence-corrected chi connectivity index (χ1v) is 4.71. The number of nitrogens with zero attached hydrogens (tertiary/aromatic N) is 1. The van der Waals surface area contributed by atoms with Crippen molar-refractivity contribution < 1.29 is 4.92 Å². The van der Waals surface area contributed by atoms with Crippen LogP contribution in [0.4, 0.5) is 17.1 Å². The largest absolute Gasteiger partial charge is 0.382 e. The van der Waals surface area contributed by atoms with Crippen LogP contribution in [0.3, 0.4) is 0 Å². The van der Waals surface area contributed by atoms with Crippen molar-refractivity contribution in [2.45, 2.75) is 18.9 Å². The van der Waals surface area contributed by atoms with Crippen LogP contribution >= 0.6 is 0 Å². The van der Waals surface area contributed by atoms with Gasteiger partial charge < -0.3 is 10.7 Å².